The zero-order valence-corrected chi connectivity index (χ0v) is 8.68. The Morgan fingerprint density at radius 1 is 1.80 bits per heavy atom. The maximum Gasteiger partial charge on any atom is 0.330 e. The average Bonchev–Trinajstić information content (AvgIpc) is 1.89. The van der Waals surface area contributed by atoms with Gasteiger partial charge in [-0.25, -0.2) is 4.79 Å². The van der Waals surface area contributed by atoms with E-state index < -0.39 is 5.97 Å². The Balaban J connectivity index is 0. The van der Waals surface area contributed by atoms with Crippen LogP contribution in [0.4, 0.5) is 0 Å². The van der Waals surface area contributed by atoms with Crippen LogP contribution >= 0.6 is 0 Å². The minimum atomic E-state index is -0.935. The van der Waals surface area contributed by atoms with Crippen LogP contribution in [0.1, 0.15) is 13.8 Å². The van der Waals surface area contributed by atoms with Crippen LogP contribution in [0.15, 0.2) is 12.2 Å². The molecule has 0 atom stereocenters. The van der Waals surface area contributed by atoms with Gasteiger partial charge in [0.15, 0.2) is 0 Å². The van der Waals surface area contributed by atoms with Crippen molar-refractivity contribution in [1.82, 2.24) is 0 Å². The van der Waals surface area contributed by atoms with E-state index in [2.05, 4.69) is 11.0 Å². The Labute approximate surface area is 64.2 Å². The van der Waals surface area contributed by atoms with Crippen LogP contribution in [0, 0.1) is 0 Å². The van der Waals surface area contributed by atoms with Crippen molar-refractivity contribution in [2.24, 2.45) is 0 Å². The molecule has 0 unspecified atom stereocenters. The smallest absolute Gasteiger partial charge is 0.330 e. The zero-order chi connectivity index (χ0) is 8.57. The lowest BCUT2D eigenvalue weighted by Crippen LogP contribution is -1.92. The third kappa shape index (κ3) is 15.7. The molecule has 60 valence electrons. The summed E-state index contributed by atoms with van der Waals surface area (Å²) in [7, 11) is 0.890. The van der Waals surface area contributed by atoms with Crippen LogP contribution < -0.4 is 0 Å². The molecule has 0 radical (unpaired) electrons. The lowest BCUT2D eigenvalue weighted by molar-refractivity contribution is -0.132. The summed E-state index contributed by atoms with van der Waals surface area (Å²) in [6.07, 6.45) is 0. The predicted octanol–water partition coefficient (Wildman–Crippen LogP) is -0.0496. The highest BCUT2D eigenvalue weighted by molar-refractivity contribution is 5.97. The van der Waals surface area contributed by atoms with E-state index in [9.17, 15) is 4.79 Å². The summed E-state index contributed by atoms with van der Waals surface area (Å²) in [4.78, 5) is 9.60. The third-order valence-corrected chi connectivity index (χ3v) is 1.23. The van der Waals surface area contributed by atoms with Crippen LogP contribution in [0.5, 0.6) is 0 Å². The first kappa shape index (κ1) is 12.1. The average molecular weight is 162 g/mol. The molecule has 1 N–H and O–H groups in total. The van der Waals surface area contributed by atoms with Crippen molar-refractivity contribution in [3.8, 4) is 0 Å². The molecule has 3 nitrogen and oxygen atoms in total. The molecule has 0 rings (SSSR count). The van der Waals surface area contributed by atoms with E-state index in [4.69, 9.17) is 5.11 Å². The van der Waals surface area contributed by atoms with Crippen molar-refractivity contribution in [3.05, 3.63) is 12.2 Å². The van der Waals surface area contributed by atoms with Gasteiger partial charge in [-0.2, -0.15) is 0 Å². The largest absolute Gasteiger partial charge is 0.478 e. The molecule has 0 amide bonds. The van der Waals surface area contributed by atoms with E-state index in [1.54, 1.807) is 0 Å². The fourth-order valence-electron chi connectivity index (χ4n) is 0. The van der Waals surface area contributed by atoms with E-state index in [1.807, 2.05) is 6.92 Å². The third-order valence-electron chi connectivity index (χ3n) is 0.654. The Bertz CT molecular complexity index is 97.6. The molecule has 0 saturated heterocycles. The first-order chi connectivity index (χ1) is 4.56. The van der Waals surface area contributed by atoms with E-state index in [1.165, 1.54) is 6.92 Å². The number of carbonyl (C=O) groups is 1. The molecule has 0 aliphatic rings. The Hall–Kier alpha value is -0.613. The predicted molar refractivity (Wildman–Crippen MR) is 44.0 cm³/mol. The van der Waals surface area contributed by atoms with Crippen LogP contribution in [0.25, 0.3) is 0 Å². The molecule has 0 aromatic carbocycles. The molecule has 0 heterocycles. The Morgan fingerprint density at radius 3 is 2.00 bits per heavy atom. The first-order valence-electron chi connectivity index (χ1n) is 2.94. The van der Waals surface area contributed by atoms with E-state index in [0.29, 0.717) is 0 Å². The van der Waals surface area contributed by atoms with Crippen LogP contribution in [-0.2, 0) is 9.22 Å². The molecule has 0 aliphatic carbocycles. The fraction of sp³-hybridized carbons (Fsp3) is 0.500. The number of rotatable bonds is 2. The molecule has 0 aliphatic heterocycles. The molecular formula is C6H14O3Si. The minimum Gasteiger partial charge on any atom is -0.478 e. The topological polar surface area (TPSA) is 46.5 Å². The van der Waals surface area contributed by atoms with Crippen molar-refractivity contribution in [2.45, 2.75) is 13.8 Å². The number of aliphatic carboxylic acids is 1. The van der Waals surface area contributed by atoms with Gasteiger partial charge in [-0.15, -0.1) is 0 Å². The highest BCUT2D eigenvalue weighted by Gasteiger charge is 1.90. The van der Waals surface area contributed by atoms with Gasteiger partial charge in [0.1, 0.15) is 10.5 Å². The number of hydrogen-bond donors (Lipinski definition) is 1. The number of hydrogen-bond acceptors (Lipinski definition) is 2. The normalized spacial score (nSPS) is 7.80. The standard InChI is InChI=1S/C4H6O2.C2H8OSi/c1-3(2)4(5)6;1-2-3-4/h1H2,2H3,(H,5,6);2H2,1,4H3. The van der Waals surface area contributed by atoms with Gasteiger partial charge in [-0.1, -0.05) is 6.58 Å². The fourth-order valence-corrected chi connectivity index (χ4v) is 0. The quantitative estimate of drug-likeness (QED) is 0.457. The summed E-state index contributed by atoms with van der Waals surface area (Å²) in [5, 5.41) is 7.89. The summed E-state index contributed by atoms with van der Waals surface area (Å²) in [6, 6.07) is 0. The molecule has 10 heavy (non-hydrogen) atoms. The monoisotopic (exact) mass is 162 g/mol. The van der Waals surface area contributed by atoms with Crippen molar-refractivity contribution in [1.29, 1.82) is 0 Å². The van der Waals surface area contributed by atoms with Crippen molar-refractivity contribution in [3.63, 3.8) is 0 Å². The zero-order valence-electron chi connectivity index (χ0n) is 6.68. The molecule has 0 fully saturated rings. The summed E-state index contributed by atoms with van der Waals surface area (Å²) in [5.41, 5.74) is 0.176. The van der Waals surface area contributed by atoms with Crippen LogP contribution in [0.3, 0.4) is 0 Å². The molecule has 4 heteroatoms. The van der Waals surface area contributed by atoms with E-state index in [0.717, 1.165) is 17.1 Å². The number of carboxylic acids is 1. The highest BCUT2D eigenvalue weighted by atomic mass is 28.2. The molecule has 0 aromatic heterocycles. The minimum absolute atomic E-state index is 0.176. The first-order valence-corrected chi connectivity index (χ1v) is 3.75. The summed E-state index contributed by atoms with van der Waals surface area (Å²) < 4.78 is 4.68. The summed E-state index contributed by atoms with van der Waals surface area (Å²) >= 11 is 0. The molecule has 0 bridgehead atoms. The van der Waals surface area contributed by atoms with Crippen LogP contribution in [0.2, 0.25) is 0 Å². The lowest BCUT2D eigenvalue weighted by atomic mass is 10.4. The maximum atomic E-state index is 9.60. The SMILES string of the molecule is C=C(C)C(=O)O.CCO[SiH3]. The van der Waals surface area contributed by atoms with Gasteiger partial charge in [-0.05, 0) is 13.8 Å². The Kier molecular flexibility index (Phi) is 10.1. The molecular weight excluding hydrogens is 148 g/mol. The van der Waals surface area contributed by atoms with Gasteiger partial charge in [-0.3, -0.25) is 0 Å². The van der Waals surface area contributed by atoms with Gasteiger partial charge in [0.25, 0.3) is 0 Å². The van der Waals surface area contributed by atoms with Gasteiger partial charge in [0, 0.05) is 12.2 Å². The number of carboxylic acid groups (broad SMARTS) is 1. The summed E-state index contributed by atoms with van der Waals surface area (Å²) in [6.45, 7) is 7.48. The highest BCUT2D eigenvalue weighted by Crippen LogP contribution is 1.81. The Morgan fingerprint density at radius 2 is 2.00 bits per heavy atom. The summed E-state index contributed by atoms with van der Waals surface area (Å²) in [5.74, 6) is -0.935. The second kappa shape index (κ2) is 8.39. The van der Waals surface area contributed by atoms with E-state index >= 15 is 0 Å². The van der Waals surface area contributed by atoms with Crippen LogP contribution in [-0.4, -0.2) is 28.2 Å². The van der Waals surface area contributed by atoms with Gasteiger partial charge >= 0.3 is 5.97 Å². The van der Waals surface area contributed by atoms with Gasteiger partial charge < -0.3 is 9.53 Å². The lowest BCUT2D eigenvalue weighted by Gasteiger charge is -1.79. The van der Waals surface area contributed by atoms with Crippen molar-refractivity contribution in [2.75, 3.05) is 6.61 Å². The maximum absolute atomic E-state index is 9.60. The van der Waals surface area contributed by atoms with Crippen molar-refractivity contribution >= 4 is 16.5 Å². The second-order valence-electron chi connectivity index (χ2n) is 1.66. The van der Waals surface area contributed by atoms with E-state index in [-0.39, 0.29) is 5.57 Å². The van der Waals surface area contributed by atoms with Gasteiger partial charge in [0.2, 0.25) is 0 Å². The van der Waals surface area contributed by atoms with Crippen molar-refractivity contribution < 1.29 is 14.3 Å². The molecule has 0 aromatic rings. The molecule has 0 saturated carbocycles. The second-order valence-corrected chi connectivity index (χ2v) is 2.24. The van der Waals surface area contributed by atoms with Gasteiger partial charge in [0.05, 0.1) is 0 Å². The molecule has 0 spiro atoms.